The second-order valence-corrected chi connectivity index (χ2v) is 10.5. The summed E-state index contributed by atoms with van der Waals surface area (Å²) < 4.78 is 9.75. The van der Waals surface area contributed by atoms with Gasteiger partial charge in [-0.1, -0.05) is 60.3 Å². The normalized spacial score (nSPS) is 14.5. The zero-order chi connectivity index (χ0) is 25.1. The lowest BCUT2D eigenvalue weighted by atomic mass is 10.00. The van der Waals surface area contributed by atoms with Gasteiger partial charge < -0.3 is 10.1 Å². The predicted octanol–water partition coefficient (Wildman–Crippen LogP) is 6.52. The summed E-state index contributed by atoms with van der Waals surface area (Å²) >= 11 is 13.5. The minimum Gasteiger partial charge on any atom is -0.497 e. The summed E-state index contributed by atoms with van der Waals surface area (Å²) in [7, 11) is 1.58. The van der Waals surface area contributed by atoms with Crippen molar-refractivity contribution in [1.82, 2.24) is 9.69 Å². The molecule has 2 amide bonds. The van der Waals surface area contributed by atoms with E-state index in [1.54, 1.807) is 31.4 Å². The third-order valence-corrected chi connectivity index (χ3v) is 7.89. The smallest absolute Gasteiger partial charge is 0.280 e. The molecule has 0 unspecified atom stereocenters. The van der Waals surface area contributed by atoms with E-state index < -0.39 is 11.9 Å². The highest BCUT2D eigenvalue weighted by atomic mass is 35.5. The number of methoxy groups -OCH3 is 1. The summed E-state index contributed by atoms with van der Waals surface area (Å²) in [5.74, 6) is -0.0920. The van der Waals surface area contributed by atoms with E-state index in [1.807, 2.05) is 32.0 Å². The maximum absolute atomic E-state index is 14.0. The molecule has 9 heteroatoms. The minimum atomic E-state index is -0.953. The molecule has 0 saturated heterocycles. The summed E-state index contributed by atoms with van der Waals surface area (Å²) in [5, 5.41) is 3.26. The van der Waals surface area contributed by atoms with Crippen LogP contribution in [-0.4, -0.2) is 29.3 Å². The van der Waals surface area contributed by atoms with Crippen molar-refractivity contribution in [2.75, 3.05) is 12.0 Å². The Hall–Kier alpha value is -2.61. The number of anilines is 1. The van der Waals surface area contributed by atoms with Crippen LogP contribution in [0.15, 0.2) is 42.5 Å². The Balaban J connectivity index is 1.88. The fraction of sp³-hybridized carbons (Fsp3) is 0.346. The molecule has 184 valence electrons. The maximum atomic E-state index is 14.0. The molecule has 1 heterocycles. The lowest BCUT2D eigenvalue weighted by Gasteiger charge is -2.33. The Morgan fingerprint density at radius 2 is 1.80 bits per heavy atom. The summed E-state index contributed by atoms with van der Waals surface area (Å²) in [6, 6.07) is 12.1. The van der Waals surface area contributed by atoms with E-state index in [2.05, 4.69) is 9.69 Å². The van der Waals surface area contributed by atoms with Crippen LogP contribution in [-0.2, 0) is 4.79 Å². The van der Waals surface area contributed by atoms with Gasteiger partial charge in [0.05, 0.1) is 7.11 Å². The molecule has 0 radical (unpaired) electrons. The van der Waals surface area contributed by atoms with Gasteiger partial charge in [0, 0.05) is 11.7 Å². The van der Waals surface area contributed by atoms with Crippen molar-refractivity contribution in [3.05, 3.63) is 74.2 Å². The van der Waals surface area contributed by atoms with Gasteiger partial charge in [-0.15, -0.1) is 0 Å². The number of halogens is 2. The number of rotatable bonds is 7. The number of aromatic nitrogens is 1. The van der Waals surface area contributed by atoms with Crippen LogP contribution in [0.4, 0.5) is 5.69 Å². The SMILES string of the molecule is COc1ccc([C@@H](C(=O)NC2CCCC2)N(C(=O)c2nsc(Cl)c2Cl)c2cc(C)ccc2C)cc1. The molecule has 6 nitrogen and oxygen atoms in total. The topological polar surface area (TPSA) is 71.5 Å². The van der Waals surface area contributed by atoms with Crippen molar-refractivity contribution in [3.8, 4) is 5.75 Å². The highest BCUT2D eigenvalue weighted by molar-refractivity contribution is 7.11. The zero-order valence-electron chi connectivity index (χ0n) is 19.8. The number of amides is 2. The molecule has 1 atom stereocenters. The molecular weight excluding hydrogens is 505 g/mol. The van der Waals surface area contributed by atoms with E-state index in [9.17, 15) is 9.59 Å². The monoisotopic (exact) mass is 531 g/mol. The molecule has 1 aliphatic rings. The van der Waals surface area contributed by atoms with E-state index in [-0.39, 0.29) is 27.0 Å². The second kappa shape index (κ2) is 11.0. The standard InChI is InChI=1S/C26H27Cl2N3O3S/c1-15-8-9-16(2)20(14-15)31(26(33)22-21(27)24(28)35-30-22)23(17-10-12-19(34-3)13-11-17)25(32)29-18-6-4-5-7-18/h8-14,18,23H,4-7H2,1-3H3,(H,29,32)/t23-/m0/s1. The molecule has 4 rings (SSSR count). The van der Waals surface area contributed by atoms with Crippen molar-refractivity contribution in [1.29, 1.82) is 0 Å². The predicted molar refractivity (Wildman–Crippen MR) is 141 cm³/mol. The van der Waals surface area contributed by atoms with Crippen LogP contribution >= 0.6 is 34.7 Å². The van der Waals surface area contributed by atoms with Crippen molar-refractivity contribution in [2.24, 2.45) is 0 Å². The fourth-order valence-electron chi connectivity index (χ4n) is 4.40. The molecule has 1 aliphatic carbocycles. The lowest BCUT2D eigenvalue weighted by molar-refractivity contribution is -0.123. The Bertz CT molecular complexity index is 1220. The van der Waals surface area contributed by atoms with Crippen molar-refractivity contribution < 1.29 is 14.3 Å². The van der Waals surface area contributed by atoms with Gasteiger partial charge in [0.2, 0.25) is 5.91 Å². The minimum absolute atomic E-state index is 0.0229. The molecule has 0 aliphatic heterocycles. The Kier molecular flexibility index (Phi) is 7.99. The molecule has 2 aromatic carbocycles. The molecule has 1 N–H and O–H groups in total. The number of hydrogen-bond acceptors (Lipinski definition) is 5. The maximum Gasteiger partial charge on any atom is 0.280 e. The van der Waals surface area contributed by atoms with Gasteiger partial charge in [-0.2, -0.15) is 4.37 Å². The Morgan fingerprint density at radius 3 is 2.40 bits per heavy atom. The fourth-order valence-corrected chi connectivity index (χ4v) is 5.39. The number of carbonyl (C=O) groups is 2. The summed E-state index contributed by atoms with van der Waals surface area (Å²) in [4.78, 5) is 29.4. The number of hydrogen-bond donors (Lipinski definition) is 1. The van der Waals surface area contributed by atoms with Crippen LogP contribution in [0.1, 0.15) is 58.9 Å². The molecule has 0 spiro atoms. The first-order valence-electron chi connectivity index (χ1n) is 11.5. The lowest BCUT2D eigenvalue weighted by Crippen LogP contribution is -2.46. The largest absolute Gasteiger partial charge is 0.497 e. The van der Waals surface area contributed by atoms with Crippen molar-refractivity contribution in [3.63, 3.8) is 0 Å². The van der Waals surface area contributed by atoms with Gasteiger partial charge in [0.25, 0.3) is 5.91 Å². The average molecular weight is 532 g/mol. The Morgan fingerprint density at radius 1 is 1.11 bits per heavy atom. The highest BCUT2D eigenvalue weighted by Gasteiger charge is 2.37. The molecule has 35 heavy (non-hydrogen) atoms. The number of nitrogens with one attached hydrogen (secondary N) is 1. The Labute approximate surface area is 219 Å². The summed E-state index contributed by atoms with van der Waals surface area (Å²) in [5.41, 5.74) is 3.07. The first-order chi connectivity index (χ1) is 16.8. The van der Waals surface area contributed by atoms with Gasteiger partial charge >= 0.3 is 0 Å². The summed E-state index contributed by atoms with van der Waals surface area (Å²) in [6.45, 7) is 3.85. The van der Waals surface area contributed by atoms with Gasteiger partial charge in [-0.3, -0.25) is 14.5 Å². The third-order valence-electron chi connectivity index (χ3n) is 6.28. The first kappa shape index (κ1) is 25.5. The average Bonchev–Trinajstić information content (AvgIpc) is 3.48. The molecule has 1 fully saturated rings. The van der Waals surface area contributed by atoms with Crippen LogP contribution < -0.4 is 15.0 Å². The van der Waals surface area contributed by atoms with Gasteiger partial charge in [-0.25, -0.2) is 0 Å². The first-order valence-corrected chi connectivity index (χ1v) is 13.0. The van der Waals surface area contributed by atoms with Crippen LogP contribution in [0.3, 0.4) is 0 Å². The van der Waals surface area contributed by atoms with E-state index in [4.69, 9.17) is 27.9 Å². The van der Waals surface area contributed by atoms with Gasteiger partial charge in [-0.05, 0) is 73.1 Å². The number of nitrogens with zero attached hydrogens (tertiary/aromatic N) is 2. The number of benzene rings is 2. The van der Waals surface area contributed by atoms with Crippen LogP contribution in [0.5, 0.6) is 5.75 Å². The second-order valence-electron chi connectivity index (χ2n) is 8.75. The van der Waals surface area contributed by atoms with Crippen LogP contribution in [0, 0.1) is 13.8 Å². The number of ether oxygens (including phenoxy) is 1. The van der Waals surface area contributed by atoms with E-state index in [0.717, 1.165) is 48.3 Å². The zero-order valence-corrected chi connectivity index (χ0v) is 22.1. The van der Waals surface area contributed by atoms with E-state index in [1.165, 1.54) is 4.90 Å². The number of carbonyl (C=O) groups excluding carboxylic acids is 2. The number of aryl methyl sites for hydroxylation is 2. The molecule has 0 bridgehead atoms. The van der Waals surface area contributed by atoms with Crippen molar-refractivity contribution in [2.45, 2.75) is 51.6 Å². The summed E-state index contributed by atoms with van der Waals surface area (Å²) in [6.07, 6.45) is 3.99. The van der Waals surface area contributed by atoms with Crippen LogP contribution in [0.2, 0.25) is 9.36 Å². The van der Waals surface area contributed by atoms with Gasteiger partial charge in [0.1, 0.15) is 21.2 Å². The van der Waals surface area contributed by atoms with Crippen molar-refractivity contribution >= 4 is 52.2 Å². The third kappa shape index (κ3) is 5.47. The molecular formula is C26H27Cl2N3O3S. The highest BCUT2D eigenvalue weighted by Crippen LogP contribution is 2.37. The quantitative estimate of drug-likeness (QED) is 0.376. The van der Waals surface area contributed by atoms with Gasteiger partial charge in [0.15, 0.2) is 5.69 Å². The van der Waals surface area contributed by atoms with Crippen LogP contribution in [0.25, 0.3) is 0 Å². The van der Waals surface area contributed by atoms with E-state index in [0.29, 0.717) is 17.0 Å². The molecule has 3 aromatic rings. The van der Waals surface area contributed by atoms with E-state index >= 15 is 0 Å². The molecule has 1 aromatic heterocycles. The molecule has 1 saturated carbocycles.